The van der Waals surface area contributed by atoms with E-state index in [1.54, 1.807) is 0 Å². The Balaban J connectivity index is 3.27. The van der Waals surface area contributed by atoms with Crippen LogP contribution in [0.5, 0.6) is 5.75 Å². The number of methoxy groups -OCH3 is 1. The van der Waals surface area contributed by atoms with Gasteiger partial charge in [0.1, 0.15) is 5.82 Å². The highest BCUT2D eigenvalue weighted by molar-refractivity contribution is 5.32. The Morgan fingerprint density at radius 1 is 1.23 bits per heavy atom. The molecule has 1 nitrogen and oxygen atoms in total. The number of hydrogen-bond donors (Lipinski definition) is 0. The van der Waals surface area contributed by atoms with E-state index >= 15 is 0 Å². The number of alkyl halides is 2. The van der Waals surface area contributed by atoms with Gasteiger partial charge >= 0.3 is 0 Å². The van der Waals surface area contributed by atoms with Gasteiger partial charge in [-0.25, -0.2) is 17.6 Å². The van der Waals surface area contributed by atoms with E-state index < -0.39 is 29.4 Å². The molecule has 0 saturated carbocycles. The molecule has 0 atom stereocenters. The lowest BCUT2D eigenvalue weighted by Crippen LogP contribution is -1.97. The minimum absolute atomic E-state index is 0.447. The molecule has 0 bridgehead atoms. The number of ether oxygens (including phenoxy) is 1. The average molecular weight is 194 g/mol. The summed E-state index contributed by atoms with van der Waals surface area (Å²) in [6.45, 7) is 0. The first kappa shape index (κ1) is 9.83. The number of benzene rings is 1. The van der Waals surface area contributed by atoms with Gasteiger partial charge in [0.15, 0.2) is 11.6 Å². The van der Waals surface area contributed by atoms with Gasteiger partial charge in [-0.1, -0.05) is 0 Å². The summed E-state index contributed by atoms with van der Waals surface area (Å²) in [7, 11) is 1.08. The molecule has 13 heavy (non-hydrogen) atoms. The van der Waals surface area contributed by atoms with E-state index in [-0.39, 0.29) is 0 Å². The maximum atomic E-state index is 12.9. The molecule has 5 heteroatoms. The van der Waals surface area contributed by atoms with E-state index in [9.17, 15) is 17.6 Å². The number of rotatable bonds is 2. The van der Waals surface area contributed by atoms with Gasteiger partial charge in [0, 0.05) is 6.07 Å². The van der Waals surface area contributed by atoms with Crippen LogP contribution in [0.25, 0.3) is 0 Å². The van der Waals surface area contributed by atoms with E-state index in [0.717, 1.165) is 7.11 Å². The molecule has 72 valence electrons. The monoisotopic (exact) mass is 194 g/mol. The van der Waals surface area contributed by atoms with Crippen LogP contribution in [0.1, 0.15) is 12.0 Å². The Bertz CT molecular complexity index is 311. The highest BCUT2D eigenvalue weighted by Crippen LogP contribution is 2.29. The third-order valence-corrected chi connectivity index (χ3v) is 1.49. The van der Waals surface area contributed by atoms with E-state index in [0.29, 0.717) is 12.1 Å². The molecule has 1 rings (SSSR count). The maximum Gasteiger partial charge on any atom is 0.266 e. The molecular formula is C8H6F4O. The van der Waals surface area contributed by atoms with Crippen LogP contribution < -0.4 is 4.74 Å². The van der Waals surface area contributed by atoms with Crippen LogP contribution in [-0.4, -0.2) is 7.11 Å². The first-order valence-electron chi connectivity index (χ1n) is 3.37. The fraction of sp³-hybridized carbons (Fsp3) is 0.250. The first-order chi connectivity index (χ1) is 6.06. The molecule has 0 unspecified atom stereocenters. The molecule has 0 amide bonds. The summed E-state index contributed by atoms with van der Waals surface area (Å²) >= 11 is 0. The molecule has 0 aromatic heterocycles. The summed E-state index contributed by atoms with van der Waals surface area (Å²) in [5.74, 6) is -2.69. The Labute approximate surface area is 71.9 Å². The second kappa shape index (κ2) is 3.64. The fourth-order valence-corrected chi connectivity index (χ4v) is 0.892. The third kappa shape index (κ3) is 1.91. The summed E-state index contributed by atoms with van der Waals surface area (Å²) in [6.07, 6.45) is -3.05. The maximum absolute atomic E-state index is 12.9. The van der Waals surface area contributed by atoms with Gasteiger partial charge < -0.3 is 4.74 Å². The summed E-state index contributed by atoms with van der Waals surface area (Å²) < 4.78 is 54.0. The highest BCUT2D eigenvalue weighted by Gasteiger charge is 2.18. The quantitative estimate of drug-likeness (QED) is 0.657. The molecular weight excluding hydrogens is 188 g/mol. The molecule has 0 aliphatic heterocycles. The summed E-state index contributed by atoms with van der Waals surface area (Å²) in [4.78, 5) is 0. The zero-order valence-electron chi connectivity index (χ0n) is 6.65. The summed E-state index contributed by atoms with van der Waals surface area (Å²) in [5, 5.41) is 0. The van der Waals surface area contributed by atoms with Crippen molar-refractivity contribution in [2.24, 2.45) is 0 Å². The predicted molar refractivity (Wildman–Crippen MR) is 37.9 cm³/mol. The summed E-state index contributed by atoms with van der Waals surface area (Å²) in [5.41, 5.74) is -0.989. The van der Waals surface area contributed by atoms with E-state index in [4.69, 9.17) is 0 Å². The van der Waals surface area contributed by atoms with Crippen molar-refractivity contribution < 1.29 is 22.3 Å². The third-order valence-electron chi connectivity index (χ3n) is 1.49. The topological polar surface area (TPSA) is 9.23 Å². The van der Waals surface area contributed by atoms with Crippen molar-refractivity contribution in [2.75, 3.05) is 7.11 Å². The summed E-state index contributed by atoms with van der Waals surface area (Å²) in [6, 6.07) is 1.16. The normalized spacial score (nSPS) is 10.6. The van der Waals surface area contributed by atoms with Gasteiger partial charge in [-0.05, 0) is 6.07 Å². The first-order valence-corrected chi connectivity index (χ1v) is 3.37. The molecule has 0 spiro atoms. The Morgan fingerprint density at radius 2 is 1.85 bits per heavy atom. The van der Waals surface area contributed by atoms with Crippen molar-refractivity contribution in [3.8, 4) is 5.75 Å². The molecule has 0 aliphatic carbocycles. The SMILES string of the molecule is COc1cc(F)cc(C(F)F)c1F. The lowest BCUT2D eigenvalue weighted by molar-refractivity contribution is 0.144. The lowest BCUT2D eigenvalue weighted by Gasteiger charge is -2.06. The van der Waals surface area contributed by atoms with Gasteiger partial charge in [-0.2, -0.15) is 0 Å². The van der Waals surface area contributed by atoms with E-state index in [1.807, 2.05) is 0 Å². The van der Waals surface area contributed by atoms with Crippen LogP contribution in [-0.2, 0) is 0 Å². The van der Waals surface area contributed by atoms with Crippen molar-refractivity contribution in [3.05, 3.63) is 29.3 Å². The Kier molecular flexibility index (Phi) is 2.75. The van der Waals surface area contributed by atoms with Crippen LogP contribution >= 0.6 is 0 Å². The Hall–Kier alpha value is -1.26. The molecule has 0 heterocycles. The smallest absolute Gasteiger partial charge is 0.266 e. The van der Waals surface area contributed by atoms with Crippen LogP contribution in [0, 0.1) is 11.6 Å². The van der Waals surface area contributed by atoms with Crippen LogP contribution in [0.4, 0.5) is 17.6 Å². The molecule has 0 aliphatic rings. The average Bonchev–Trinajstić information content (AvgIpc) is 2.08. The van der Waals surface area contributed by atoms with Gasteiger partial charge in [-0.15, -0.1) is 0 Å². The minimum atomic E-state index is -3.05. The standard InChI is InChI=1S/C8H6F4O/c1-13-6-3-4(9)2-5(7(6)10)8(11)12/h2-3,8H,1H3. The van der Waals surface area contributed by atoms with Crippen molar-refractivity contribution in [1.29, 1.82) is 0 Å². The van der Waals surface area contributed by atoms with Crippen molar-refractivity contribution in [2.45, 2.75) is 6.43 Å². The van der Waals surface area contributed by atoms with Gasteiger partial charge in [-0.3, -0.25) is 0 Å². The Morgan fingerprint density at radius 3 is 2.31 bits per heavy atom. The lowest BCUT2D eigenvalue weighted by atomic mass is 10.2. The predicted octanol–water partition coefficient (Wildman–Crippen LogP) is 2.91. The molecule has 0 fully saturated rings. The molecule has 0 saturated heterocycles. The van der Waals surface area contributed by atoms with Crippen molar-refractivity contribution >= 4 is 0 Å². The zero-order valence-corrected chi connectivity index (χ0v) is 6.65. The number of halogens is 4. The van der Waals surface area contributed by atoms with Gasteiger partial charge in [0.2, 0.25) is 0 Å². The molecule has 1 aromatic rings. The van der Waals surface area contributed by atoms with E-state index in [2.05, 4.69) is 4.74 Å². The second-order valence-electron chi connectivity index (χ2n) is 2.31. The van der Waals surface area contributed by atoms with Crippen LogP contribution in [0.15, 0.2) is 12.1 Å². The van der Waals surface area contributed by atoms with Crippen LogP contribution in [0.2, 0.25) is 0 Å². The largest absolute Gasteiger partial charge is 0.494 e. The second-order valence-corrected chi connectivity index (χ2v) is 2.31. The van der Waals surface area contributed by atoms with Gasteiger partial charge in [0.05, 0.1) is 12.7 Å². The number of hydrogen-bond acceptors (Lipinski definition) is 1. The molecule has 0 radical (unpaired) electrons. The fourth-order valence-electron chi connectivity index (χ4n) is 0.892. The molecule has 1 aromatic carbocycles. The zero-order chi connectivity index (χ0) is 10.0. The molecule has 0 N–H and O–H groups in total. The highest BCUT2D eigenvalue weighted by atomic mass is 19.3. The van der Waals surface area contributed by atoms with Crippen molar-refractivity contribution in [3.63, 3.8) is 0 Å². The van der Waals surface area contributed by atoms with Crippen molar-refractivity contribution in [1.82, 2.24) is 0 Å². The van der Waals surface area contributed by atoms with Crippen LogP contribution in [0.3, 0.4) is 0 Å². The van der Waals surface area contributed by atoms with Gasteiger partial charge in [0.25, 0.3) is 6.43 Å². The van der Waals surface area contributed by atoms with E-state index in [1.165, 1.54) is 0 Å². The minimum Gasteiger partial charge on any atom is -0.494 e.